The van der Waals surface area contributed by atoms with Gasteiger partial charge in [0.15, 0.2) is 0 Å². The van der Waals surface area contributed by atoms with Crippen molar-refractivity contribution in [2.75, 3.05) is 13.2 Å². The van der Waals surface area contributed by atoms with E-state index in [9.17, 15) is 0 Å². The lowest BCUT2D eigenvalue weighted by Crippen LogP contribution is -2.30. The van der Waals surface area contributed by atoms with Crippen LogP contribution in [0.3, 0.4) is 0 Å². The number of benzene rings is 2. The van der Waals surface area contributed by atoms with Crippen LogP contribution in [0.2, 0.25) is 5.02 Å². The fourth-order valence-electron chi connectivity index (χ4n) is 2.91. The van der Waals surface area contributed by atoms with Gasteiger partial charge in [-0.25, -0.2) is 0 Å². The molecule has 0 aliphatic heterocycles. The molecule has 1 saturated carbocycles. The molecule has 0 aromatic heterocycles. The number of hydrogen-bond donors (Lipinski definition) is 1. The number of rotatable bonds is 5. The summed E-state index contributed by atoms with van der Waals surface area (Å²) in [7, 11) is 0. The molecular formula is C17H20ClNO. The zero-order valence-corrected chi connectivity index (χ0v) is 12.3. The predicted molar refractivity (Wildman–Crippen MR) is 84.7 cm³/mol. The summed E-state index contributed by atoms with van der Waals surface area (Å²) < 4.78 is 5.91. The Morgan fingerprint density at radius 3 is 2.60 bits per heavy atom. The summed E-state index contributed by atoms with van der Waals surface area (Å²) >= 11 is 6.21. The zero-order chi connectivity index (χ0) is 13.8. The van der Waals surface area contributed by atoms with E-state index in [-0.39, 0.29) is 0 Å². The van der Waals surface area contributed by atoms with Gasteiger partial charge < -0.3 is 10.1 Å². The highest BCUT2D eigenvalue weighted by atomic mass is 35.5. The molecule has 0 radical (unpaired) electrons. The van der Waals surface area contributed by atoms with Crippen LogP contribution >= 0.6 is 11.6 Å². The van der Waals surface area contributed by atoms with Crippen molar-refractivity contribution >= 4 is 22.4 Å². The molecule has 2 aromatic carbocycles. The van der Waals surface area contributed by atoms with Gasteiger partial charge in [-0.15, -0.1) is 0 Å². The molecule has 106 valence electrons. The van der Waals surface area contributed by atoms with Gasteiger partial charge in [-0.1, -0.05) is 48.7 Å². The first-order chi connectivity index (χ1) is 9.84. The normalized spacial score (nSPS) is 15.8. The Morgan fingerprint density at radius 1 is 1.05 bits per heavy atom. The molecule has 0 bridgehead atoms. The van der Waals surface area contributed by atoms with Crippen LogP contribution in [0.1, 0.15) is 25.7 Å². The Bertz CT molecular complexity index is 578. The van der Waals surface area contributed by atoms with Crippen molar-refractivity contribution in [2.45, 2.75) is 31.7 Å². The van der Waals surface area contributed by atoms with Gasteiger partial charge >= 0.3 is 0 Å². The molecule has 20 heavy (non-hydrogen) atoms. The third-order valence-corrected chi connectivity index (χ3v) is 4.31. The Morgan fingerprint density at radius 2 is 1.80 bits per heavy atom. The van der Waals surface area contributed by atoms with E-state index in [4.69, 9.17) is 16.3 Å². The summed E-state index contributed by atoms with van der Waals surface area (Å²) in [5.74, 6) is 0.915. The SMILES string of the molecule is Clc1ccc(OCCNC2CCCC2)c2ccccc12. The van der Waals surface area contributed by atoms with E-state index in [1.807, 2.05) is 30.3 Å². The van der Waals surface area contributed by atoms with E-state index in [0.717, 1.165) is 28.1 Å². The van der Waals surface area contributed by atoms with E-state index < -0.39 is 0 Å². The monoisotopic (exact) mass is 289 g/mol. The summed E-state index contributed by atoms with van der Waals surface area (Å²) in [6.07, 6.45) is 5.34. The third kappa shape index (κ3) is 3.08. The molecule has 2 aromatic rings. The lowest BCUT2D eigenvalue weighted by molar-refractivity contribution is 0.308. The molecule has 0 saturated heterocycles. The van der Waals surface area contributed by atoms with Gasteiger partial charge in [0.2, 0.25) is 0 Å². The molecule has 0 spiro atoms. The minimum Gasteiger partial charge on any atom is -0.492 e. The number of ether oxygens (including phenoxy) is 1. The lowest BCUT2D eigenvalue weighted by Gasteiger charge is -2.13. The molecule has 1 aliphatic carbocycles. The van der Waals surface area contributed by atoms with Crippen molar-refractivity contribution in [3.8, 4) is 5.75 Å². The third-order valence-electron chi connectivity index (χ3n) is 3.98. The molecule has 1 fully saturated rings. The number of halogens is 1. The van der Waals surface area contributed by atoms with Crippen molar-refractivity contribution in [3.05, 3.63) is 41.4 Å². The summed E-state index contributed by atoms with van der Waals surface area (Å²) in [6.45, 7) is 1.60. The second kappa shape index (κ2) is 6.47. The van der Waals surface area contributed by atoms with Gasteiger partial charge in [0.05, 0.1) is 0 Å². The van der Waals surface area contributed by atoms with Crippen molar-refractivity contribution < 1.29 is 4.74 Å². The average Bonchev–Trinajstić information content (AvgIpc) is 2.99. The van der Waals surface area contributed by atoms with Crippen LogP contribution in [-0.2, 0) is 0 Å². The molecule has 3 rings (SSSR count). The highest BCUT2D eigenvalue weighted by molar-refractivity contribution is 6.35. The van der Waals surface area contributed by atoms with Crippen molar-refractivity contribution in [2.24, 2.45) is 0 Å². The maximum Gasteiger partial charge on any atom is 0.127 e. The predicted octanol–water partition coefficient (Wildman–Crippen LogP) is 4.40. The van der Waals surface area contributed by atoms with Gasteiger partial charge in [-0.3, -0.25) is 0 Å². The van der Waals surface area contributed by atoms with E-state index in [0.29, 0.717) is 12.6 Å². The summed E-state index contributed by atoms with van der Waals surface area (Å²) in [5.41, 5.74) is 0. The van der Waals surface area contributed by atoms with E-state index in [1.165, 1.54) is 25.7 Å². The molecule has 1 aliphatic rings. The molecule has 2 nitrogen and oxygen atoms in total. The van der Waals surface area contributed by atoms with Crippen molar-refractivity contribution in [1.29, 1.82) is 0 Å². The van der Waals surface area contributed by atoms with Gasteiger partial charge in [-0.05, 0) is 25.0 Å². The maximum absolute atomic E-state index is 6.21. The molecule has 0 atom stereocenters. The van der Waals surface area contributed by atoms with E-state index in [1.54, 1.807) is 0 Å². The molecule has 0 amide bonds. The van der Waals surface area contributed by atoms with Gasteiger partial charge in [0.1, 0.15) is 12.4 Å². The standard InChI is InChI=1S/C17H20ClNO/c18-16-9-10-17(15-8-4-3-7-14(15)16)20-12-11-19-13-5-1-2-6-13/h3-4,7-10,13,19H,1-2,5-6,11-12H2. The molecule has 0 unspecified atom stereocenters. The highest BCUT2D eigenvalue weighted by Gasteiger charge is 2.13. The lowest BCUT2D eigenvalue weighted by atomic mass is 10.1. The maximum atomic E-state index is 6.21. The number of nitrogens with one attached hydrogen (secondary N) is 1. The topological polar surface area (TPSA) is 21.3 Å². The first kappa shape index (κ1) is 13.7. The largest absolute Gasteiger partial charge is 0.492 e. The van der Waals surface area contributed by atoms with Crippen LogP contribution in [0.25, 0.3) is 10.8 Å². The smallest absolute Gasteiger partial charge is 0.127 e. The first-order valence-corrected chi connectivity index (χ1v) is 7.76. The van der Waals surface area contributed by atoms with Gasteiger partial charge in [0, 0.05) is 28.4 Å². The Balaban J connectivity index is 1.61. The number of fused-ring (bicyclic) bond motifs is 1. The first-order valence-electron chi connectivity index (χ1n) is 7.38. The quantitative estimate of drug-likeness (QED) is 0.824. The second-order valence-corrected chi connectivity index (χ2v) is 5.78. The summed E-state index contributed by atoms with van der Waals surface area (Å²) in [6, 6.07) is 12.7. The molecule has 3 heteroatoms. The highest BCUT2D eigenvalue weighted by Crippen LogP contribution is 2.31. The minimum atomic E-state index is 0.695. The van der Waals surface area contributed by atoms with Crippen molar-refractivity contribution in [1.82, 2.24) is 5.32 Å². The second-order valence-electron chi connectivity index (χ2n) is 5.38. The van der Waals surface area contributed by atoms with Crippen LogP contribution in [0.4, 0.5) is 0 Å². The summed E-state index contributed by atoms with van der Waals surface area (Å²) in [5, 5.41) is 6.47. The van der Waals surface area contributed by atoms with Crippen molar-refractivity contribution in [3.63, 3.8) is 0 Å². The van der Waals surface area contributed by atoms with Crippen LogP contribution in [0.15, 0.2) is 36.4 Å². The fourth-order valence-corrected chi connectivity index (χ4v) is 3.14. The minimum absolute atomic E-state index is 0.695. The summed E-state index contributed by atoms with van der Waals surface area (Å²) in [4.78, 5) is 0. The van der Waals surface area contributed by atoms with E-state index in [2.05, 4.69) is 11.4 Å². The van der Waals surface area contributed by atoms with E-state index >= 15 is 0 Å². The van der Waals surface area contributed by atoms with Crippen LogP contribution in [0, 0.1) is 0 Å². The van der Waals surface area contributed by atoms with Gasteiger partial charge in [0.25, 0.3) is 0 Å². The van der Waals surface area contributed by atoms with Gasteiger partial charge in [-0.2, -0.15) is 0 Å². The molecule has 0 heterocycles. The zero-order valence-electron chi connectivity index (χ0n) is 11.6. The molecule has 1 N–H and O–H groups in total. The molecular weight excluding hydrogens is 270 g/mol. The fraction of sp³-hybridized carbons (Fsp3) is 0.412. The Kier molecular flexibility index (Phi) is 4.44. The van der Waals surface area contributed by atoms with Crippen LogP contribution in [0.5, 0.6) is 5.75 Å². The Hall–Kier alpha value is -1.25. The number of hydrogen-bond acceptors (Lipinski definition) is 2. The van der Waals surface area contributed by atoms with Crippen LogP contribution in [-0.4, -0.2) is 19.2 Å². The Labute approximate surface area is 125 Å². The van der Waals surface area contributed by atoms with Crippen LogP contribution < -0.4 is 10.1 Å². The average molecular weight is 290 g/mol.